The smallest absolute Gasteiger partial charge is 0.276 e. The van der Waals surface area contributed by atoms with Crippen LogP contribution in [0.4, 0.5) is 0 Å². The van der Waals surface area contributed by atoms with Crippen LogP contribution < -0.4 is 9.44 Å². The molecule has 2 fully saturated rings. The highest BCUT2D eigenvalue weighted by molar-refractivity contribution is 7.87. The first kappa shape index (κ1) is 15.3. The fourth-order valence-electron chi connectivity index (χ4n) is 3.90. The summed E-state index contributed by atoms with van der Waals surface area (Å²) >= 11 is 6.14. The molecule has 124 valence electrons. The molecule has 0 bridgehead atoms. The zero-order valence-corrected chi connectivity index (χ0v) is 13.9. The molecule has 2 aromatic rings. The van der Waals surface area contributed by atoms with Crippen molar-refractivity contribution in [2.75, 3.05) is 7.05 Å². The van der Waals surface area contributed by atoms with Crippen LogP contribution in [0.15, 0.2) is 18.3 Å². The Morgan fingerprint density at radius 1 is 1.39 bits per heavy atom. The predicted molar refractivity (Wildman–Crippen MR) is 86.1 cm³/mol. The third-order valence-electron chi connectivity index (χ3n) is 5.06. The second-order valence-corrected chi connectivity index (χ2v) is 8.49. The van der Waals surface area contributed by atoms with Crippen LogP contribution in [0, 0.1) is 11.8 Å². The monoisotopic (exact) mass is 356 g/mol. The molecule has 2 unspecified atom stereocenters. The summed E-state index contributed by atoms with van der Waals surface area (Å²) in [5.41, 5.74) is 0.550. The Labute approximate surface area is 138 Å². The van der Waals surface area contributed by atoms with Crippen molar-refractivity contribution in [1.29, 1.82) is 0 Å². The number of aromatic amines is 1. The van der Waals surface area contributed by atoms with Gasteiger partial charge in [0.15, 0.2) is 0 Å². The summed E-state index contributed by atoms with van der Waals surface area (Å²) in [6, 6.07) is 3.44. The summed E-state index contributed by atoms with van der Waals surface area (Å²) in [5, 5.41) is 19.4. The Bertz CT molecular complexity index is 869. The SMILES string of the molecule is CNS(=O)(=O)NC1[C@H]2CC(O)(c3cc(Cl)cc4[nH]ncc34)C[C@@H]12. The lowest BCUT2D eigenvalue weighted by Crippen LogP contribution is -2.39. The number of rotatable bonds is 4. The number of benzene rings is 1. The summed E-state index contributed by atoms with van der Waals surface area (Å²) < 4.78 is 28.0. The van der Waals surface area contributed by atoms with Gasteiger partial charge in [-0.2, -0.15) is 18.2 Å². The van der Waals surface area contributed by atoms with Crippen LogP contribution in [0.25, 0.3) is 10.9 Å². The van der Waals surface area contributed by atoms with Gasteiger partial charge in [0.25, 0.3) is 10.2 Å². The lowest BCUT2D eigenvalue weighted by atomic mass is 9.86. The van der Waals surface area contributed by atoms with Crippen molar-refractivity contribution in [3.05, 3.63) is 28.9 Å². The summed E-state index contributed by atoms with van der Waals surface area (Å²) in [6.45, 7) is 0. The summed E-state index contributed by atoms with van der Waals surface area (Å²) in [5.74, 6) is 0.285. The third kappa shape index (κ3) is 2.45. The van der Waals surface area contributed by atoms with E-state index in [0.717, 1.165) is 16.5 Å². The van der Waals surface area contributed by atoms with Gasteiger partial charge in [-0.25, -0.2) is 4.72 Å². The van der Waals surface area contributed by atoms with Gasteiger partial charge in [-0.1, -0.05) is 11.6 Å². The normalized spacial score (nSPS) is 33.1. The minimum Gasteiger partial charge on any atom is -0.385 e. The molecule has 0 aliphatic heterocycles. The van der Waals surface area contributed by atoms with Gasteiger partial charge in [-0.05, 0) is 42.4 Å². The van der Waals surface area contributed by atoms with E-state index >= 15 is 0 Å². The Kier molecular flexibility index (Phi) is 3.27. The molecule has 7 nitrogen and oxygen atoms in total. The Hall–Kier alpha value is -1.19. The number of hydrogen-bond donors (Lipinski definition) is 4. The summed E-state index contributed by atoms with van der Waals surface area (Å²) in [4.78, 5) is 0. The molecule has 2 aliphatic rings. The molecule has 0 radical (unpaired) electrons. The van der Waals surface area contributed by atoms with Gasteiger partial charge in [0, 0.05) is 23.5 Å². The minimum absolute atomic E-state index is 0.105. The molecule has 23 heavy (non-hydrogen) atoms. The highest BCUT2D eigenvalue weighted by atomic mass is 35.5. The lowest BCUT2D eigenvalue weighted by molar-refractivity contribution is 0.0303. The summed E-state index contributed by atoms with van der Waals surface area (Å²) in [6.07, 6.45) is 2.70. The van der Waals surface area contributed by atoms with Crippen LogP contribution in [0.2, 0.25) is 5.02 Å². The molecule has 1 aromatic carbocycles. The zero-order chi connectivity index (χ0) is 16.4. The lowest BCUT2D eigenvalue weighted by Gasteiger charge is -2.27. The van der Waals surface area contributed by atoms with E-state index in [1.165, 1.54) is 7.05 Å². The molecule has 0 saturated heterocycles. The number of nitrogens with one attached hydrogen (secondary N) is 3. The molecule has 1 aromatic heterocycles. The van der Waals surface area contributed by atoms with Gasteiger partial charge in [0.05, 0.1) is 17.3 Å². The molecule has 4 atom stereocenters. The molecular formula is C14H17ClN4O3S. The van der Waals surface area contributed by atoms with Crippen LogP contribution in [0.5, 0.6) is 0 Å². The number of aliphatic hydroxyl groups is 1. The van der Waals surface area contributed by atoms with E-state index in [-0.39, 0.29) is 17.9 Å². The van der Waals surface area contributed by atoms with E-state index in [0.29, 0.717) is 17.9 Å². The van der Waals surface area contributed by atoms with Crippen LogP contribution in [-0.2, 0) is 15.8 Å². The Balaban J connectivity index is 1.60. The van der Waals surface area contributed by atoms with Crippen molar-refractivity contribution in [3.63, 3.8) is 0 Å². The fraction of sp³-hybridized carbons (Fsp3) is 0.500. The molecule has 4 N–H and O–H groups in total. The van der Waals surface area contributed by atoms with E-state index in [9.17, 15) is 13.5 Å². The van der Waals surface area contributed by atoms with Gasteiger partial charge in [-0.3, -0.25) is 5.10 Å². The highest BCUT2D eigenvalue weighted by Crippen LogP contribution is 2.60. The average Bonchev–Trinajstić information content (AvgIpc) is 2.88. The van der Waals surface area contributed by atoms with Crippen molar-refractivity contribution < 1.29 is 13.5 Å². The maximum atomic E-state index is 11.6. The second-order valence-electron chi connectivity index (χ2n) is 6.40. The fourth-order valence-corrected chi connectivity index (χ4v) is 4.94. The molecule has 1 heterocycles. The van der Waals surface area contributed by atoms with E-state index in [2.05, 4.69) is 19.6 Å². The molecule has 0 amide bonds. The number of H-pyrrole nitrogens is 1. The van der Waals surface area contributed by atoms with E-state index in [1.807, 2.05) is 0 Å². The maximum absolute atomic E-state index is 11.6. The molecule has 4 rings (SSSR count). The number of aromatic nitrogens is 2. The maximum Gasteiger partial charge on any atom is 0.276 e. The molecule has 0 spiro atoms. The van der Waals surface area contributed by atoms with Crippen molar-refractivity contribution in [3.8, 4) is 0 Å². The van der Waals surface area contributed by atoms with Crippen LogP contribution in [-0.4, -0.2) is 36.8 Å². The second kappa shape index (κ2) is 4.90. The molecule has 9 heteroatoms. The van der Waals surface area contributed by atoms with Crippen LogP contribution in [0.1, 0.15) is 18.4 Å². The van der Waals surface area contributed by atoms with E-state index in [4.69, 9.17) is 11.6 Å². The molecule has 2 aliphatic carbocycles. The summed E-state index contributed by atoms with van der Waals surface area (Å²) in [7, 11) is -2.08. The standard InChI is InChI=1S/C14H17ClN4O3S/c1-16-23(21,22)19-13-8-4-14(20,5-9(8)13)11-2-7(15)3-12-10(11)6-17-18-12/h2-3,6,8-9,13,16,19-20H,4-5H2,1H3,(H,17,18)/t8-,9+,13?,14?. The van der Waals surface area contributed by atoms with E-state index in [1.54, 1.807) is 18.3 Å². The first-order valence-corrected chi connectivity index (χ1v) is 9.25. The Morgan fingerprint density at radius 3 is 2.74 bits per heavy atom. The largest absolute Gasteiger partial charge is 0.385 e. The number of fused-ring (bicyclic) bond motifs is 2. The van der Waals surface area contributed by atoms with Gasteiger partial charge >= 0.3 is 0 Å². The first-order chi connectivity index (χ1) is 10.8. The van der Waals surface area contributed by atoms with Gasteiger partial charge in [-0.15, -0.1) is 0 Å². The van der Waals surface area contributed by atoms with Crippen molar-refractivity contribution in [2.24, 2.45) is 11.8 Å². The molecule has 2 saturated carbocycles. The third-order valence-corrected chi connectivity index (χ3v) is 6.40. The number of halogens is 1. The van der Waals surface area contributed by atoms with Gasteiger partial charge in [0.1, 0.15) is 0 Å². The van der Waals surface area contributed by atoms with Crippen molar-refractivity contribution in [1.82, 2.24) is 19.6 Å². The van der Waals surface area contributed by atoms with Gasteiger partial charge in [0.2, 0.25) is 0 Å². The van der Waals surface area contributed by atoms with Gasteiger partial charge < -0.3 is 5.11 Å². The average molecular weight is 357 g/mol. The first-order valence-electron chi connectivity index (χ1n) is 7.39. The highest BCUT2D eigenvalue weighted by Gasteiger charge is 2.62. The quantitative estimate of drug-likeness (QED) is 0.652. The molecular weight excluding hydrogens is 340 g/mol. The van der Waals surface area contributed by atoms with Crippen LogP contribution in [0.3, 0.4) is 0 Å². The topological polar surface area (TPSA) is 107 Å². The number of hydrogen-bond acceptors (Lipinski definition) is 4. The van der Waals surface area contributed by atoms with Crippen molar-refractivity contribution >= 4 is 32.7 Å². The number of nitrogens with zero attached hydrogens (tertiary/aromatic N) is 1. The zero-order valence-electron chi connectivity index (χ0n) is 12.4. The Morgan fingerprint density at radius 2 is 2.09 bits per heavy atom. The van der Waals surface area contributed by atoms with E-state index < -0.39 is 15.8 Å². The van der Waals surface area contributed by atoms with Crippen molar-refractivity contribution in [2.45, 2.75) is 24.5 Å². The predicted octanol–water partition coefficient (Wildman–Crippen LogP) is 0.866. The van der Waals surface area contributed by atoms with Crippen LogP contribution >= 0.6 is 11.6 Å². The minimum atomic E-state index is -3.45.